The van der Waals surface area contributed by atoms with Crippen LogP contribution in [0.3, 0.4) is 0 Å². The monoisotopic (exact) mass is 348 g/mol. The number of hydrogen-bond donors (Lipinski definition) is 1. The molecular formula is C16H20ClF3N2O. The lowest BCUT2D eigenvalue weighted by atomic mass is 9.97. The van der Waals surface area contributed by atoms with Crippen LogP contribution in [0.1, 0.15) is 38.7 Å². The van der Waals surface area contributed by atoms with E-state index in [4.69, 9.17) is 11.6 Å². The lowest BCUT2D eigenvalue weighted by Gasteiger charge is -2.37. The summed E-state index contributed by atoms with van der Waals surface area (Å²) in [6.07, 6.45) is -3.65. The summed E-state index contributed by atoms with van der Waals surface area (Å²) in [5, 5.41) is 1.62. The normalized spacial score (nSPS) is 19.7. The van der Waals surface area contributed by atoms with Gasteiger partial charge >= 0.3 is 6.18 Å². The van der Waals surface area contributed by atoms with Gasteiger partial charge in [-0.3, -0.25) is 10.2 Å². The molecule has 0 spiro atoms. The van der Waals surface area contributed by atoms with Crippen molar-refractivity contribution in [3.05, 3.63) is 34.9 Å². The third-order valence-electron chi connectivity index (χ3n) is 4.06. The average molecular weight is 349 g/mol. The van der Waals surface area contributed by atoms with Crippen LogP contribution in [0.15, 0.2) is 24.3 Å². The van der Waals surface area contributed by atoms with Gasteiger partial charge in [0.05, 0.1) is 0 Å². The van der Waals surface area contributed by atoms with Crippen LogP contribution in [0, 0.1) is 0 Å². The molecule has 23 heavy (non-hydrogen) atoms. The second-order valence-corrected chi connectivity index (χ2v) is 6.84. The Bertz CT molecular complexity index is 575. The summed E-state index contributed by atoms with van der Waals surface area (Å²) in [5.41, 5.74) is 2.33. The van der Waals surface area contributed by atoms with Gasteiger partial charge in [0.15, 0.2) is 0 Å². The molecule has 3 nitrogen and oxygen atoms in total. The Kier molecular flexibility index (Phi) is 5.26. The molecule has 1 aliphatic heterocycles. The molecule has 128 valence electrons. The molecule has 0 unspecified atom stereocenters. The highest BCUT2D eigenvalue weighted by molar-refractivity contribution is 6.31. The Balaban J connectivity index is 2.06. The minimum atomic E-state index is -4.41. The number of aryl methyl sites for hydroxylation is 1. The smallest absolute Gasteiger partial charge is 0.288 e. The van der Waals surface area contributed by atoms with Crippen LogP contribution in [0.2, 0.25) is 5.02 Å². The van der Waals surface area contributed by atoms with Crippen molar-refractivity contribution in [2.45, 2.75) is 57.3 Å². The Labute approximate surface area is 138 Å². The number of hydrogen-bond acceptors (Lipinski definition) is 2. The molecule has 1 aliphatic rings. The fraction of sp³-hybridized carbons (Fsp3) is 0.562. The first-order chi connectivity index (χ1) is 10.6. The molecular weight excluding hydrogens is 329 g/mol. The van der Waals surface area contributed by atoms with Crippen molar-refractivity contribution in [1.29, 1.82) is 0 Å². The fourth-order valence-corrected chi connectivity index (χ4v) is 3.16. The number of amides is 1. The largest absolute Gasteiger partial charge is 0.405 e. The molecule has 0 bridgehead atoms. The van der Waals surface area contributed by atoms with Crippen LogP contribution in [-0.2, 0) is 11.2 Å². The first-order valence-corrected chi connectivity index (χ1v) is 7.88. The standard InChI is InChI=1S/C16H20ClF3N2O/c1-15(2)10-14(23)21-22(15)13(16(18,19)20)9-5-7-11-6-3-4-8-12(11)17/h3-4,6,8,13H,5,7,9-10H2,1-2H3,(H,21,23)/t13-/m0/s1. The van der Waals surface area contributed by atoms with Gasteiger partial charge in [0.25, 0.3) is 0 Å². The van der Waals surface area contributed by atoms with Gasteiger partial charge < -0.3 is 0 Å². The van der Waals surface area contributed by atoms with Gasteiger partial charge in [-0.2, -0.15) is 13.2 Å². The van der Waals surface area contributed by atoms with E-state index in [1.807, 2.05) is 12.1 Å². The van der Waals surface area contributed by atoms with Gasteiger partial charge in [-0.05, 0) is 44.7 Å². The molecule has 0 radical (unpaired) electrons. The molecule has 1 fully saturated rings. The molecule has 1 atom stereocenters. The number of alkyl halides is 3. The van der Waals surface area contributed by atoms with Gasteiger partial charge in [-0.1, -0.05) is 29.8 Å². The van der Waals surface area contributed by atoms with Crippen LogP contribution < -0.4 is 5.43 Å². The van der Waals surface area contributed by atoms with Crippen LogP contribution in [-0.4, -0.2) is 28.7 Å². The summed E-state index contributed by atoms with van der Waals surface area (Å²) in [6, 6.07) is 5.43. The van der Waals surface area contributed by atoms with Gasteiger partial charge in [-0.25, -0.2) is 5.01 Å². The van der Waals surface area contributed by atoms with E-state index in [1.165, 1.54) is 0 Å². The molecule has 1 aromatic carbocycles. The van der Waals surface area contributed by atoms with E-state index in [0.29, 0.717) is 17.9 Å². The highest BCUT2D eigenvalue weighted by Crippen LogP contribution is 2.35. The van der Waals surface area contributed by atoms with E-state index in [-0.39, 0.29) is 18.7 Å². The van der Waals surface area contributed by atoms with Crippen LogP contribution in [0.25, 0.3) is 0 Å². The van der Waals surface area contributed by atoms with Crippen molar-refractivity contribution in [3.63, 3.8) is 0 Å². The SMILES string of the molecule is CC1(C)CC(=O)NN1[C@@H](CCCc1ccccc1Cl)C(F)(F)F. The van der Waals surface area contributed by atoms with Crippen molar-refractivity contribution in [2.75, 3.05) is 0 Å². The van der Waals surface area contributed by atoms with Crippen molar-refractivity contribution in [3.8, 4) is 0 Å². The maximum Gasteiger partial charge on any atom is 0.405 e. The molecule has 1 heterocycles. The van der Waals surface area contributed by atoms with E-state index in [9.17, 15) is 18.0 Å². The third kappa shape index (κ3) is 4.38. The lowest BCUT2D eigenvalue weighted by Crippen LogP contribution is -2.56. The molecule has 1 saturated heterocycles. The quantitative estimate of drug-likeness (QED) is 0.868. The number of benzene rings is 1. The molecule has 0 saturated carbocycles. The van der Waals surface area contributed by atoms with Crippen LogP contribution in [0.5, 0.6) is 0 Å². The Morgan fingerprint density at radius 3 is 2.52 bits per heavy atom. The second kappa shape index (κ2) is 6.69. The van der Waals surface area contributed by atoms with E-state index < -0.39 is 17.8 Å². The summed E-state index contributed by atoms with van der Waals surface area (Å²) in [5.74, 6) is -0.379. The predicted octanol–water partition coefficient (Wildman–Crippen LogP) is 4.11. The van der Waals surface area contributed by atoms with Crippen molar-refractivity contribution in [2.24, 2.45) is 0 Å². The maximum atomic E-state index is 13.4. The lowest BCUT2D eigenvalue weighted by molar-refractivity contribution is -0.202. The average Bonchev–Trinajstić information content (AvgIpc) is 2.68. The summed E-state index contributed by atoms with van der Waals surface area (Å²) < 4.78 is 40.3. The molecule has 2 rings (SSSR count). The fourth-order valence-electron chi connectivity index (χ4n) is 2.93. The summed E-state index contributed by atoms with van der Waals surface area (Å²) in [4.78, 5) is 11.5. The highest BCUT2D eigenvalue weighted by Gasteiger charge is 2.51. The molecule has 1 amide bonds. The summed E-state index contributed by atoms with van der Waals surface area (Å²) >= 11 is 6.03. The Morgan fingerprint density at radius 2 is 2.00 bits per heavy atom. The molecule has 1 N–H and O–H groups in total. The van der Waals surface area contributed by atoms with E-state index in [0.717, 1.165) is 10.6 Å². The zero-order valence-electron chi connectivity index (χ0n) is 13.1. The van der Waals surface area contributed by atoms with E-state index >= 15 is 0 Å². The Hall–Kier alpha value is -1.27. The zero-order valence-corrected chi connectivity index (χ0v) is 13.8. The Morgan fingerprint density at radius 1 is 1.35 bits per heavy atom. The zero-order chi connectivity index (χ0) is 17.3. The number of carbonyl (C=O) groups is 1. The molecule has 0 aliphatic carbocycles. The van der Waals surface area contributed by atoms with Gasteiger partial charge in [0.1, 0.15) is 6.04 Å². The van der Waals surface area contributed by atoms with Gasteiger partial charge in [-0.15, -0.1) is 0 Å². The molecule has 7 heteroatoms. The summed E-state index contributed by atoms with van der Waals surface area (Å²) in [6.45, 7) is 3.27. The van der Waals surface area contributed by atoms with Crippen LogP contribution in [0.4, 0.5) is 13.2 Å². The van der Waals surface area contributed by atoms with Gasteiger partial charge in [0, 0.05) is 17.0 Å². The maximum absolute atomic E-state index is 13.4. The number of nitrogens with one attached hydrogen (secondary N) is 1. The number of nitrogens with zero attached hydrogens (tertiary/aromatic N) is 1. The van der Waals surface area contributed by atoms with Crippen LogP contribution >= 0.6 is 11.6 Å². The van der Waals surface area contributed by atoms with Gasteiger partial charge in [0.2, 0.25) is 5.91 Å². The predicted molar refractivity (Wildman–Crippen MR) is 82.9 cm³/mol. The van der Waals surface area contributed by atoms with Crippen molar-refractivity contribution < 1.29 is 18.0 Å². The molecule has 0 aromatic heterocycles. The minimum Gasteiger partial charge on any atom is -0.288 e. The minimum absolute atomic E-state index is 0.0596. The first-order valence-electron chi connectivity index (χ1n) is 7.50. The number of carbonyl (C=O) groups excluding carboxylic acids is 1. The highest BCUT2D eigenvalue weighted by atomic mass is 35.5. The van der Waals surface area contributed by atoms with E-state index in [1.54, 1.807) is 26.0 Å². The number of hydrazine groups is 1. The van der Waals surface area contributed by atoms with Crippen molar-refractivity contribution in [1.82, 2.24) is 10.4 Å². The first kappa shape index (κ1) is 18.1. The topological polar surface area (TPSA) is 32.3 Å². The number of halogens is 4. The number of rotatable bonds is 5. The third-order valence-corrected chi connectivity index (χ3v) is 4.43. The summed E-state index contributed by atoms with van der Waals surface area (Å²) in [7, 11) is 0. The molecule has 1 aromatic rings. The van der Waals surface area contributed by atoms with Crippen molar-refractivity contribution >= 4 is 17.5 Å². The second-order valence-electron chi connectivity index (χ2n) is 6.44. The van der Waals surface area contributed by atoms with E-state index in [2.05, 4.69) is 5.43 Å².